The zero-order valence-corrected chi connectivity index (χ0v) is 22.1. The van der Waals surface area contributed by atoms with Crippen LogP contribution in [-0.2, 0) is 6.18 Å². The second kappa shape index (κ2) is 10.4. The van der Waals surface area contributed by atoms with Crippen molar-refractivity contribution in [2.75, 3.05) is 0 Å². The van der Waals surface area contributed by atoms with Gasteiger partial charge in [0.1, 0.15) is 5.82 Å². The number of pyridine rings is 1. The summed E-state index contributed by atoms with van der Waals surface area (Å²) in [5.74, 6) is 0.518. The summed E-state index contributed by atoms with van der Waals surface area (Å²) in [7, 11) is 0. The highest BCUT2D eigenvalue weighted by atomic mass is 19.4. The lowest BCUT2D eigenvalue weighted by Crippen LogP contribution is -2.29. The van der Waals surface area contributed by atoms with E-state index in [4.69, 9.17) is 4.98 Å². The van der Waals surface area contributed by atoms with E-state index in [1.807, 2.05) is 49.6 Å². The molecule has 3 aromatic carbocycles. The van der Waals surface area contributed by atoms with Gasteiger partial charge >= 0.3 is 6.18 Å². The fourth-order valence-electron chi connectivity index (χ4n) is 5.57. The summed E-state index contributed by atoms with van der Waals surface area (Å²) < 4.78 is 41.5. The number of fused-ring (bicyclic) bond motifs is 2. The summed E-state index contributed by atoms with van der Waals surface area (Å²) in [5.41, 5.74) is 2.86. The van der Waals surface area contributed by atoms with E-state index in [1.165, 1.54) is 12.1 Å². The van der Waals surface area contributed by atoms with Crippen molar-refractivity contribution in [3.63, 3.8) is 0 Å². The van der Waals surface area contributed by atoms with Gasteiger partial charge in [-0.3, -0.25) is 9.78 Å². The quantitative estimate of drug-likeness (QED) is 0.225. The van der Waals surface area contributed by atoms with E-state index in [0.717, 1.165) is 71.0 Å². The van der Waals surface area contributed by atoms with Gasteiger partial charge in [-0.25, -0.2) is 4.98 Å². The molecule has 0 spiro atoms. The number of nitrogens with one attached hydrogen (secondary N) is 1. The number of para-hydroxylation sites is 1. The predicted molar refractivity (Wildman–Crippen MR) is 150 cm³/mol. The van der Waals surface area contributed by atoms with Crippen LogP contribution < -0.4 is 5.32 Å². The number of hydrogen-bond acceptors (Lipinski definition) is 3. The molecule has 5 aromatic rings. The molecule has 1 aliphatic carbocycles. The summed E-state index contributed by atoms with van der Waals surface area (Å²) in [6.45, 7) is 1.99. The molecule has 2 aromatic heterocycles. The Morgan fingerprint density at radius 2 is 1.80 bits per heavy atom. The number of carbonyl (C=O) groups excluding carboxylic acids is 1. The number of rotatable bonds is 7. The zero-order valence-electron chi connectivity index (χ0n) is 22.1. The second-order valence-corrected chi connectivity index (χ2v) is 10.4. The molecule has 8 heteroatoms. The number of alkyl halides is 3. The Morgan fingerprint density at radius 3 is 2.50 bits per heavy atom. The Morgan fingerprint density at radius 1 is 1.02 bits per heavy atom. The van der Waals surface area contributed by atoms with Crippen LogP contribution in [0.5, 0.6) is 0 Å². The first-order chi connectivity index (χ1) is 19.3. The van der Waals surface area contributed by atoms with Crippen molar-refractivity contribution >= 4 is 27.7 Å². The molecular weight excluding hydrogens is 513 g/mol. The standard InChI is InChI=1S/C32H29F3N4O/c1-2-7-27(20-14-16-22(17-15-20)32(33,34)35)38-31(40)25-12-6-13-28-29(25)39(23-9-5-10-23)30(37-28)26-19-36-18-21-8-3-4-11-24(21)26/h3-4,6,8,11-19,23,27H,2,5,7,9-10H2,1H3,(H,38,40)/t27-/m0/s1. The Hall–Kier alpha value is -4.20. The van der Waals surface area contributed by atoms with Gasteiger partial charge < -0.3 is 9.88 Å². The molecule has 1 saturated carbocycles. The maximum atomic E-state index is 13.8. The van der Waals surface area contributed by atoms with Gasteiger partial charge in [0.05, 0.1) is 28.2 Å². The highest BCUT2D eigenvalue weighted by molar-refractivity contribution is 6.06. The second-order valence-electron chi connectivity index (χ2n) is 10.4. The minimum absolute atomic E-state index is 0.217. The number of imidazole rings is 1. The first-order valence-corrected chi connectivity index (χ1v) is 13.7. The number of benzene rings is 3. The number of halogens is 3. The molecule has 5 nitrogen and oxygen atoms in total. The average Bonchev–Trinajstić information content (AvgIpc) is 3.30. The smallest absolute Gasteiger partial charge is 0.345 e. The van der Waals surface area contributed by atoms with Gasteiger partial charge in [-0.1, -0.05) is 55.8 Å². The van der Waals surface area contributed by atoms with Crippen molar-refractivity contribution in [3.05, 3.63) is 95.8 Å². The van der Waals surface area contributed by atoms with E-state index in [1.54, 1.807) is 6.07 Å². The molecule has 0 radical (unpaired) electrons. The van der Waals surface area contributed by atoms with Crippen molar-refractivity contribution in [3.8, 4) is 11.4 Å². The Labute approximate surface area is 230 Å². The van der Waals surface area contributed by atoms with Crippen LogP contribution in [0.3, 0.4) is 0 Å². The molecule has 1 aliphatic rings. The lowest BCUT2D eigenvalue weighted by atomic mass is 9.92. The van der Waals surface area contributed by atoms with Crippen LogP contribution >= 0.6 is 0 Å². The minimum atomic E-state index is -4.41. The van der Waals surface area contributed by atoms with E-state index in [-0.39, 0.29) is 11.9 Å². The van der Waals surface area contributed by atoms with Crippen LogP contribution in [0, 0.1) is 0 Å². The van der Waals surface area contributed by atoms with Crippen molar-refractivity contribution in [2.45, 2.75) is 57.3 Å². The highest BCUT2D eigenvalue weighted by Crippen LogP contribution is 2.41. The number of amides is 1. The fraction of sp³-hybridized carbons (Fsp3) is 0.281. The molecule has 0 saturated heterocycles. The summed E-state index contributed by atoms with van der Waals surface area (Å²) in [5, 5.41) is 5.17. The molecule has 2 heterocycles. The Kier molecular flexibility index (Phi) is 6.78. The maximum Gasteiger partial charge on any atom is 0.416 e. The summed E-state index contributed by atoms with van der Waals surface area (Å²) in [6.07, 6.45) is 3.72. The first-order valence-electron chi connectivity index (χ1n) is 13.7. The van der Waals surface area contributed by atoms with E-state index < -0.39 is 17.8 Å². The number of aromatic nitrogens is 3. The largest absolute Gasteiger partial charge is 0.416 e. The minimum Gasteiger partial charge on any atom is -0.345 e. The fourth-order valence-corrected chi connectivity index (χ4v) is 5.57. The first kappa shape index (κ1) is 26.0. The average molecular weight is 543 g/mol. The molecule has 0 bridgehead atoms. The van der Waals surface area contributed by atoms with Gasteiger partial charge in [-0.05, 0) is 60.9 Å². The van der Waals surface area contributed by atoms with Gasteiger partial charge in [-0.2, -0.15) is 13.2 Å². The molecular formula is C32H29F3N4O. The normalized spacial score (nSPS) is 14.8. The summed E-state index contributed by atoms with van der Waals surface area (Å²) >= 11 is 0. The maximum absolute atomic E-state index is 13.8. The molecule has 40 heavy (non-hydrogen) atoms. The van der Waals surface area contributed by atoms with Crippen LogP contribution in [0.25, 0.3) is 33.2 Å². The molecule has 1 N–H and O–H groups in total. The molecule has 1 atom stereocenters. The van der Waals surface area contributed by atoms with E-state index in [9.17, 15) is 18.0 Å². The lowest BCUT2D eigenvalue weighted by Gasteiger charge is -2.30. The zero-order chi connectivity index (χ0) is 27.9. The molecule has 1 amide bonds. The monoisotopic (exact) mass is 542 g/mol. The number of nitrogens with zero attached hydrogens (tertiary/aromatic N) is 3. The molecule has 1 fully saturated rings. The van der Waals surface area contributed by atoms with Crippen LogP contribution in [0.15, 0.2) is 79.1 Å². The highest BCUT2D eigenvalue weighted by Gasteiger charge is 2.31. The topological polar surface area (TPSA) is 59.8 Å². The number of hydrogen-bond donors (Lipinski definition) is 1. The van der Waals surface area contributed by atoms with Gasteiger partial charge in [0.25, 0.3) is 5.91 Å². The Bertz CT molecular complexity index is 1680. The van der Waals surface area contributed by atoms with Gasteiger partial charge in [0, 0.05) is 29.4 Å². The van der Waals surface area contributed by atoms with Crippen LogP contribution in [0.4, 0.5) is 13.2 Å². The van der Waals surface area contributed by atoms with Crippen molar-refractivity contribution in [1.82, 2.24) is 19.9 Å². The molecule has 0 unspecified atom stereocenters. The SMILES string of the molecule is CCC[C@H](NC(=O)c1cccc2nc(-c3cncc4ccccc34)n(C3CCC3)c12)c1ccc(C(F)(F)F)cc1. The van der Waals surface area contributed by atoms with E-state index in [2.05, 4.69) is 20.9 Å². The van der Waals surface area contributed by atoms with Gasteiger partial charge in [-0.15, -0.1) is 0 Å². The van der Waals surface area contributed by atoms with Crippen LogP contribution in [0.2, 0.25) is 0 Å². The predicted octanol–water partition coefficient (Wildman–Crippen LogP) is 8.27. The third kappa shape index (κ3) is 4.72. The number of carbonyl (C=O) groups is 1. The van der Waals surface area contributed by atoms with Gasteiger partial charge in [0.2, 0.25) is 0 Å². The Balaban J connectivity index is 1.42. The third-order valence-corrected chi connectivity index (χ3v) is 7.83. The van der Waals surface area contributed by atoms with Crippen molar-refractivity contribution in [1.29, 1.82) is 0 Å². The summed E-state index contributed by atoms with van der Waals surface area (Å²) in [6, 6.07) is 18.5. The van der Waals surface area contributed by atoms with E-state index in [0.29, 0.717) is 17.5 Å². The lowest BCUT2D eigenvalue weighted by molar-refractivity contribution is -0.137. The van der Waals surface area contributed by atoms with Crippen LogP contribution in [-0.4, -0.2) is 20.4 Å². The molecule has 204 valence electrons. The molecule has 6 rings (SSSR count). The van der Waals surface area contributed by atoms with Gasteiger partial charge in [0.15, 0.2) is 0 Å². The van der Waals surface area contributed by atoms with Crippen molar-refractivity contribution < 1.29 is 18.0 Å². The van der Waals surface area contributed by atoms with Crippen molar-refractivity contribution in [2.24, 2.45) is 0 Å². The molecule has 0 aliphatic heterocycles. The third-order valence-electron chi connectivity index (χ3n) is 7.83. The summed E-state index contributed by atoms with van der Waals surface area (Å²) in [4.78, 5) is 23.3. The van der Waals surface area contributed by atoms with Crippen LogP contribution in [0.1, 0.15) is 72.6 Å². The van der Waals surface area contributed by atoms with E-state index >= 15 is 0 Å².